The topological polar surface area (TPSA) is 316 Å². The molecule has 3 aromatic carbocycles. The predicted octanol–water partition coefficient (Wildman–Crippen LogP) is 2.35. The molecule has 22 nitrogen and oxygen atoms in total. The van der Waals surface area contributed by atoms with Crippen LogP contribution < -0.4 is 19.5 Å². The van der Waals surface area contributed by atoms with Gasteiger partial charge in [0.1, 0.15) is 61.1 Å². The second-order valence-electron chi connectivity index (χ2n) is 16.4. The number of rotatable bonds is 21. The lowest BCUT2D eigenvalue weighted by atomic mass is 9.93. The number of nitrogens with one attached hydrogen (secondary N) is 1. The lowest BCUT2D eigenvalue weighted by molar-refractivity contribution is -0.237. The van der Waals surface area contributed by atoms with E-state index < -0.39 is 91.0 Å². The van der Waals surface area contributed by atoms with Gasteiger partial charge in [-0.05, 0) is 66.9 Å². The van der Waals surface area contributed by atoms with Gasteiger partial charge in [0.05, 0.1) is 35.8 Å². The first-order valence-corrected chi connectivity index (χ1v) is 26.2. The second-order valence-corrected chi connectivity index (χ2v) is 22.3. The zero-order chi connectivity index (χ0) is 51.3. The number of carbonyl (C=O) groups is 1. The van der Waals surface area contributed by atoms with Crippen molar-refractivity contribution < 1.29 is 77.8 Å². The molecule has 0 aliphatic carbocycles. The molecule has 70 heavy (non-hydrogen) atoms. The zero-order valence-electron chi connectivity index (χ0n) is 37.8. The fourth-order valence-electron chi connectivity index (χ4n) is 7.34. The van der Waals surface area contributed by atoms with Crippen molar-refractivity contribution >= 4 is 47.6 Å². The summed E-state index contributed by atoms with van der Waals surface area (Å²) in [5, 5.41) is 39.8. The molecule has 0 bridgehead atoms. The second kappa shape index (κ2) is 22.4. The molecule has 6 rings (SSSR count). The number of aliphatic hydroxyl groups is 3. The van der Waals surface area contributed by atoms with Gasteiger partial charge < -0.3 is 39.6 Å². The van der Waals surface area contributed by atoms with Gasteiger partial charge >= 0.3 is 0 Å². The first kappa shape index (κ1) is 54.0. The number of nitrogens with zero attached hydrogens (tertiary/aromatic N) is 5. The van der Waals surface area contributed by atoms with E-state index in [9.17, 15) is 58.9 Å². The first-order valence-electron chi connectivity index (χ1n) is 20.9. The van der Waals surface area contributed by atoms with Crippen molar-refractivity contribution in [3.05, 3.63) is 112 Å². The van der Waals surface area contributed by atoms with Crippen LogP contribution in [0.5, 0.6) is 17.2 Å². The van der Waals surface area contributed by atoms with Crippen molar-refractivity contribution in [3.63, 3.8) is 0 Å². The summed E-state index contributed by atoms with van der Waals surface area (Å²) in [5.74, 6) is 0.0466. The van der Waals surface area contributed by atoms with E-state index in [1.54, 1.807) is 6.07 Å². The summed E-state index contributed by atoms with van der Waals surface area (Å²) in [7, 11) is -12.7. The fraction of sp³-hybridized carbons (Fsp3) is 0.395. The van der Waals surface area contributed by atoms with E-state index in [2.05, 4.69) is 20.6 Å². The molecule has 5 atom stereocenters. The van der Waals surface area contributed by atoms with E-state index in [-0.39, 0.29) is 47.8 Å². The third kappa shape index (κ3) is 13.3. The Morgan fingerprint density at radius 1 is 0.886 bits per heavy atom. The Bertz CT molecular complexity index is 3010. The summed E-state index contributed by atoms with van der Waals surface area (Å²) in [6, 6.07) is 15.6. The molecule has 0 radical (unpaired) electrons. The van der Waals surface area contributed by atoms with E-state index in [0.717, 1.165) is 38.8 Å². The Morgan fingerprint density at radius 3 is 2.21 bits per heavy atom. The summed E-state index contributed by atoms with van der Waals surface area (Å²) in [6.45, 7) is 1.32. The van der Waals surface area contributed by atoms with Crippen LogP contribution in [0.15, 0.2) is 78.1 Å². The van der Waals surface area contributed by atoms with Gasteiger partial charge in [-0.3, -0.25) is 23.8 Å². The Labute approximate surface area is 407 Å². The number of aromatic nitrogens is 4. The van der Waals surface area contributed by atoms with E-state index >= 15 is 0 Å². The number of pyridine rings is 1. The standard InChI is InChI=1S/C43H50ClFN6O16S3/c1-24-27(7-5-8-31(24)32-9-6-10-34(25(32)2)66-23-29-18-51(49-48-29)43-40(45)42(55)41(54)37(20-52)67-43)22-65-36-13-35(64-21-26-11-30(15-46-14-26)68(4,56)57)28(12-33(36)44)17-50(3)19-38(53)47-16-39(69(58,59)60)70(61,62)63/h5-15,18,37,39-43,52,54-55H,16-17,19-23H2,1-4H3,(H,47,53)(H,58,59,60)(H,61,62,63)/t37-,40-,41-,42-,43-/m1/s1. The Hall–Kier alpha value is -5.39. The minimum absolute atomic E-state index is 0.0249. The van der Waals surface area contributed by atoms with Gasteiger partial charge in [-0.2, -0.15) is 16.8 Å². The van der Waals surface area contributed by atoms with E-state index in [4.69, 9.17) is 30.5 Å². The van der Waals surface area contributed by atoms with Gasteiger partial charge in [0.15, 0.2) is 22.2 Å². The average Bonchev–Trinajstić information content (AvgIpc) is 3.75. The highest BCUT2D eigenvalue weighted by atomic mass is 35.5. The Morgan fingerprint density at radius 2 is 1.54 bits per heavy atom. The van der Waals surface area contributed by atoms with Crippen molar-refractivity contribution in [2.24, 2.45) is 0 Å². The zero-order valence-corrected chi connectivity index (χ0v) is 41.0. The van der Waals surface area contributed by atoms with Crippen LogP contribution in [-0.4, -0.2) is 143 Å². The van der Waals surface area contributed by atoms with Crippen LogP contribution >= 0.6 is 11.6 Å². The maximum Gasteiger partial charge on any atom is 0.286 e. The number of carbonyl (C=O) groups excluding carboxylic acids is 1. The molecule has 1 aliphatic rings. The Kier molecular flexibility index (Phi) is 17.2. The maximum absolute atomic E-state index is 14.9. The summed E-state index contributed by atoms with van der Waals surface area (Å²) in [5.41, 5.74) is 5.22. The van der Waals surface area contributed by atoms with Crippen molar-refractivity contribution in [1.82, 2.24) is 30.2 Å². The van der Waals surface area contributed by atoms with Gasteiger partial charge in [-0.15, -0.1) is 5.10 Å². The molecule has 27 heteroatoms. The first-order chi connectivity index (χ1) is 32.8. The number of halogens is 2. The third-order valence-electron chi connectivity index (χ3n) is 11.1. The fourth-order valence-corrected chi connectivity index (χ4v) is 10.0. The minimum Gasteiger partial charge on any atom is -0.488 e. The van der Waals surface area contributed by atoms with Gasteiger partial charge in [-0.1, -0.05) is 47.1 Å². The SMILES string of the molecule is Cc1c(COc2cc(OCc3cncc(S(C)(=O)=O)c3)c(CN(C)CC(=O)NCC(S(=O)(=O)O)S(=O)(=O)O)cc2Cl)cccc1-c1cccc(OCc2cn([C@@H]3O[C@H](CO)[C@@H](O)[C@H](O)[C@H]3F)nn2)c1C. The summed E-state index contributed by atoms with van der Waals surface area (Å²) in [6.07, 6.45) is -3.14. The molecule has 0 unspecified atom stereocenters. The van der Waals surface area contributed by atoms with E-state index in [1.807, 2.05) is 44.2 Å². The summed E-state index contributed by atoms with van der Waals surface area (Å²) >= 11 is 6.77. The minimum atomic E-state index is -5.29. The van der Waals surface area contributed by atoms with Crippen LogP contribution in [0.3, 0.4) is 0 Å². The van der Waals surface area contributed by atoms with Gasteiger partial charge in [0, 0.05) is 42.4 Å². The van der Waals surface area contributed by atoms with Crippen LogP contribution in [0.2, 0.25) is 5.02 Å². The van der Waals surface area contributed by atoms with Crippen molar-refractivity contribution in [2.45, 2.75) is 80.4 Å². The van der Waals surface area contributed by atoms with E-state index in [0.29, 0.717) is 22.6 Å². The maximum atomic E-state index is 14.9. The van der Waals surface area contributed by atoms with E-state index in [1.165, 1.54) is 48.7 Å². The van der Waals surface area contributed by atoms with Gasteiger partial charge in [0.25, 0.3) is 20.2 Å². The van der Waals surface area contributed by atoms with Crippen molar-refractivity contribution in [2.75, 3.05) is 33.0 Å². The summed E-state index contributed by atoms with van der Waals surface area (Å²) in [4.78, 5) is 18.1. The van der Waals surface area contributed by atoms with Crippen LogP contribution in [0.4, 0.5) is 4.39 Å². The molecule has 1 fully saturated rings. The lowest BCUT2D eigenvalue weighted by Crippen LogP contribution is -2.55. The number of benzene rings is 3. The van der Waals surface area contributed by atoms with Gasteiger partial charge in [-0.25, -0.2) is 17.5 Å². The summed E-state index contributed by atoms with van der Waals surface area (Å²) < 4.78 is 126. The predicted molar refractivity (Wildman–Crippen MR) is 247 cm³/mol. The molecule has 1 amide bonds. The Balaban J connectivity index is 1.18. The normalized spacial score (nSPS) is 18.8. The molecule has 3 heterocycles. The largest absolute Gasteiger partial charge is 0.488 e. The number of likely N-dealkylation sites (N-methyl/N-ethyl adjacent to an activating group) is 1. The number of hydrogen-bond donors (Lipinski definition) is 6. The molecule has 6 N–H and O–H groups in total. The van der Waals surface area contributed by atoms with Crippen LogP contribution in [0, 0.1) is 13.8 Å². The third-order valence-corrected chi connectivity index (χ3v) is 15.6. The van der Waals surface area contributed by atoms with Gasteiger partial charge in [0.2, 0.25) is 10.5 Å². The molecule has 380 valence electrons. The number of sulfone groups is 1. The molecular weight excluding hydrogens is 1010 g/mol. The highest BCUT2D eigenvalue weighted by Gasteiger charge is 2.46. The number of alkyl halides is 1. The number of hydrogen-bond acceptors (Lipinski definition) is 18. The number of ether oxygens (including phenoxy) is 4. The molecule has 5 aromatic rings. The molecule has 2 aromatic heterocycles. The molecule has 0 saturated carbocycles. The quantitative estimate of drug-likeness (QED) is 0.0575. The molecule has 0 spiro atoms. The van der Waals surface area contributed by atoms with Crippen LogP contribution in [0.1, 0.15) is 39.7 Å². The monoisotopic (exact) mass is 1060 g/mol. The number of aliphatic hydroxyl groups excluding tert-OH is 3. The number of amides is 1. The molecular formula is C43H50ClFN6O16S3. The highest BCUT2D eigenvalue weighted by molar-refractivity contribution is 8.04. The molecule has 1 saturated heterocycles. The highest BCUT2D eigenvalue weighted by Crippen LogP contribution is 2.37. The smallest absolute Gasteiger partial charge is 0.286 e. The lowest BCUT2D eigenvalue weighted by Gasteiger charge is -2.38. The average molecular weight is 1060 g/mol. The van der Waals surface area contributed by atoms with Crippen molar-refractivity contribution in [1.29, 1.82) is 0 Å². The van der Waals surface area contributed by atoms with Crippen LogP contribution in [-0.2, 0) is 66.0 Å². The molecule has 1 aliphatic heterocycles. The van der Waals surface area contributed by atoms with Crippen LogP contribution in [0.25, 0.3) is 11.1 Å². The van der Waals surface area contributed by atoms with Crippen molar-refractivity contribution in [3.8, 4) is 28.4 Å².